The van der Waals surface area contributed by atoms with Crippen LogP contribution in [-0.4, -0.2) is 31.4 Å². The monoisotopic (exact) mass is 291 g/mol. The molecule has 0 saturated heterocycles. The molecular formula is C16H25N3O2. The molecule has 2 amide bonds. The number of hydrogen-bond donors (Lipinski definition) is 3. The predicted octanol–water partition coefficient (Wildman–Crippen LogP) is 1.08. The number of rotatable bonds is 8. The smallest absolute Gasteiger partial charge is 0.251 e. The van der Waals surface area contributed by atoms with Crippen molar-refractivity contribution in [2.75, 3.05) is 19.6 Å². The lowest BCUT2D eigenvalue weighted by atomic mass is 10.0. The first-order chi connectivity index (χ1) is 10.0. The minimum absolute atomic E-state index is 0.0424. The average Bonchev–Trinajstić information content (AvgIpc) is 2.46. The second-order valence-electron chi connectivity index (χ2n) is 5.40. The van der Waals surface area contributed by atoms with Gasteiger partial charge < -0.3 is 16.4 Å². The summed E-state index contributed by atoms with van der Waals surface area (Å²) in [4.78, 5) is 23.7. The van der Waals surface area contributed by atoms with Gasteiger partial charge in [0.15, 0.2) is 0 Å². The summed E-state index contributed by atoms with van der Waals surface area (Å²) in [5.74, 6) is 0.224. The molecule has 116 valence electrons. The minimum Gasteiger partial charge on any atom is -0.356 e. The van der Waals surface area contributed by atoms with Gasteiger partial charge >= 0.3 is 0 Å². The highest BCUT2D eigenvalue weighted by Gasteiger charge is 2.10. The molecular weight excluding hydrogens is 266 g/mol. The van der Waals surface area contributed by atoms with Gasteiger partial charge in [0.2, 0.25) is 5.91 Å². The third kappa shape index (κ3) is 6.40. The molecule has 0 unspecified atom stereocenters. The molecule has 0 spiro atoms. The van der Waals surface area contributed by atoms with Crippen LogP contribution in [0.5, 0.6) is 0 Å². The Bertz CT molecular complexity index is 472. The van der Waals surface area contributed by atoms with E-state index < -0.39 is 0 Å². The van der Waals surface area contributed by atoms with E-state index in [1.165, 1.54) is 0 Å². The minimum atomic E-state index is -0.157. The topological polar surface area (TPSA) is 84.2 Å². The second kappa shape index (κ2) is 9.13. The fraction of sp³-hybridized carbons (Fsp3) is 0.500. The van der Waals surface area contributed by atoms with E-state index in [0.29, 0.717) is 37.5 Å². The predicted molar refractivity (Wildman–Crippen MR) is 84.0 cm³/mol. The first-order valence-corrected chi connectivity index (χ1v) is 7.37. The number of carbonyl (C=O) groups is 2. The van der Waals surface area contributed by atoms with E-state index in [-0.39, 0.29) is 18.2 Å². The molecule has 1 aromatic rings. The summed E-state index contributed by atoms with van der Waals surface area (Å²) in [5, 5.41) is 5.60. The summed E-state index contributed by atoms with van der Waals surface area (Å²) in [6, 6.07) is 7.39. The molecule has 4 N–H and O–H groups in total. The van der Waals surface area contributed by atoms with Gasteiger partial charge in [-0.15, -0.1) is 0 Å². The van der Waals surface area contributed by atoms with Crippen LogP contribution >= 0.6 is 0 Å². The molecule has 0 radical (unpaired) electrons. The van der Waals surface area contributed by atoms with Gasteiger partial charge in [-0.1, -0.05) is 32.0 Å². The van der Waals surface area contributed by atoms with Gasteiger partial charge in [0, 0.05) is 25.1 Å². The van der Waals surface area contributed by atoms with Crippen molar-refractivity contribution in [1.82, 2.24) is 10.6 Å². The highest BCUT2D eigenvalue weighted by Crippen LogP contribution is 2.08. The van der Waals surface area contributed by atoms with Gasteiger partial charge in [0.05, 0.1) is 0 Å². The molecule has 0 aliphatic carbocycles. The van der Waals surface area contributed by atoms with Crippen molar-refractivity contribution in [3.05, 3.63) is 35.4 Å². The Hall–Kier alpha value is -1.88. The Kier molecular flexibility index (Phi) is 7.46. The van der Waals surface area contributed by atoms with E-state index in [1.54, 1.807) is 6.07 Å². The highest BCUT2D eigenvalue weighted by atomic mass is 16.2. The second-order valence-corrected chi connectivity index (χ2v) is 5.40. The molecule has 0 aromatic heterocycles. The van der Waals surface area contributed by atoms with Crippen LogP contribution in [0.4, 0.5) is 0 Å². The summed E-state index contributed by atoms with van der Waals surface area (Å²) >= 11 is 0. The number of hydrogen-bond acceptors (Lipinski definition) is 3. The molecule has 1 rings (SSSR count). The molecule has 0 bridgehead atoms. The quantitative estimate of drug-likeness (QED) is 0.670. The van der Waals surface area contributed by atoms with Crippen LogP contribution in [0.25, 0.3) is 0 Å². The SMILES string of the molecule is CC(C)CNC(=O)CCNC(=O)c1ccccc1CCN. The molecule has 0 aliphatic rings. The van der Waals surface area contributed by atoms with Gasteiger partial charge in [-0.05, 0) is 30.5 Å². The summed E-state index contributed by atoms with van der Waals surface area (Å²) in [7, 11) is 0. The van der Waals surface area contributed by atoms with Crippen molar-refractivity contribution in [3.8, 4) is 0 Å². The van der Waals surface area contributed by atoms with Crippen LogP contribution in [0.3, 0.4) is 0 Å². The normalized spacial score (nSPS) is 10.5. The van der Waals surface area contributed by atoms with Crippen molar-refractivity contribution in [3.63, 3.8) is 0 Å². The van der Waals surface area contributed by atoms with Gasteiger partial charge in [-0.3, -0.25) is 9.59 Å². The molecule has 0 saturated carbocycles. The largest absolute Gasteiger partial charge is 0.356 e. The zero-order valence-corrected chi connectivity index (χ0v) is 12.8. The first-order valence-electron chi connectivity index (χ1n) is 7.37. The molecule has 0 aliphatic heterocycles. The Morgan fingerprint density at radius 2 is 1.90 bits per heavy atom. The third-order valence-electron chi connectivity index (χ3n) is 3.02. The van der Waals surface area contributed by atoms with Crippen LogP contribution in [-0.2, 0) is 11.2 Å². The fourth-order valence-electron chi connectivity index (χ4n) is 1.91. The van der Waals surface area contributed by atoms with Crippen molar-refractivity contribution in [1.29, 1.82) is 0 Å². The lowest BCUT2D eigenvalue weighted by Crippen LogP contribution is -2.32. The summed E-state index contributed by atoms with van der Waals surface area (Å²) < 4.78 is 0. The number of nitrogens with two attached hydrogens (primary N) is 1. The maximum absolute atomic E-state index is 12.1. The van der Waals surface area contributed by atoms with Gasteiger partial charge in [-0.25, -0.2) is 0 Å². The van der Waals surface area contributed by atoms with Crippen molar-refractivity contribution in [2.24, 2.45) is 11.7 Å². The average molecular weight is 291 g/mol. The van der Waals surface area contributed by atoms with Crippen LogP contribution in [0, 0.1) is 5.92 Å². The maximum atomic E-state index is 12.1. The Morgan fingerprint density at radius 1 is 1.19 bits per heavy atom. The zero-order valence-electron chi connectivity index (χ0n) is 12.8. The highest BCUT2D eigenvalue weighted by molar-refractivity contribution is 5.95. The van der Waals surface area contributed by atoms with Crippen molar-refractivity contribution in [2.45, 2.75) is 26.7 Å². The van der Waals surface area contributed by atoms with Crippen LogP contribution in [0.15, 0.2) is 24.3 Å². The standard InChI is InChI=1S/C16H25N3O2/c1-12(2)11-19-15(20)8-10-18-16(21)14-6-4-3-5-13(14)7-9-17/h3-6,12H,7-11,17H2,1-2H3,(H,18,21)(H,19,20). The number of amides is 2. The first kappa shape index (κ1) is 17.2. The molecule has 21 heavy (non-hydrogen) atoms. The Balaban J connectivity index is 2.42. The molecule has 0 atom stereocenters. The zero-order chi connectivity index (χ0) is 15.7. The van der Waals surface area contributed by atoms with E-state index in [4.69, 9.17) is 5.73 Å². The maximum Gasteiger partial charge on any atom is 0.251 e. The summed E-state index contributed by atoms with van der Waals surface area (Å²) in [5.41, 5.74) is 7.10. The van der Waals surface area contributed by atoms with Gasteiger partial charge in [-0.2, -0.15) is 0 Å². The number of nitrogens with one attached hydrogen (secondary N) is 2. The molecule has 1 aromatic carbocycles. The van der Waals surface area contributed by atoms with E-state index in [1.807, 2.05) is 32.0 Å². The number of carbonyl (C=O) groups excluding carboxylic acids is 2. The fourth-order valence-corrected chi connectivity index (χ4v) is 1.91. The van der Waals surface area contributed by atoms with Crippen molar-refractivity contribution >= 4 is 11.8 Å². The third-order valence-corrected chi connectivity index (χ3v) is 3.02. The van der Waals surface area contributed by atoms with Crippen LogP contribution < -0.4 is 16.4 Å². The summed E-state index contributed by atoms with van der Waals surface area (Å²) in [6.45, 7) is 5.57. The number of benzene rings is 1. The lowest BCUT2D eigenvalue weighted by Gasteiger charge is -2.10. The molecule has 5 heteroatoms. The van der Waals surface area contributed by atoms with Gasteiger partial charge in [0.1, 0.15) is 0 Å². The van der Waals surface area contributed by atoms with Crippen molar-refractivity contribution < 1.29 is 9.59 Å². The summed E-state index contributed by atoms with van der Waals surface area (Å²) in [6.07, 6.45) is 0.954. The van der Waals surface area contributed by atoms with E-state index >= 15 is 0 Å². The van der Waals surface area contributed by atoms with Crippen LogP contribution in [0.1, 0.15) is 36.2 Å². The van der Waals surface area contributed by atoms with E-state index in [9.17, 15) is 9.59 Å². The molecule has 0 fully saturated rings. The van der Waals surface area contributed by atoms with Crippen LogP contribution in [0.2, 0.25) is 0 Å². The molecule has 5 nitrogen and oxygen atoms in total. The van der Waals surface area contributed by atoms with E-state index in [0.717, 1.165) is 5.56 Å². The molecule has 0 heterocycles. The Morgan fingerprint density at radius 3 is 2.57 bits per heavy atom. The Labute approximate surface area is 126 Å². The van der Waals surface area contributed by atoms with E-state index in [2.05, 4.69) is 10.6 Å². The van der Waals surface area contributed by atoms with Gasteiger partial charge in [0.25, 0.3) is 5.91 Å². The lowest BCUT2D eigenvalue weighted by molar-refractivity contribution is -0.121.